The molecule has 1 N–H and O–H groups in total. The molecule has 0 bridgehead atoms. The van der Waals surface area contributed by atoms with Gasteiger partial charge in [-0.2, -0.15) is 0 Å². The lowest BCUT2D eigenvalue weighted by molar-refractivity contribution is 0.00578. The van der Waals surface area contributed by atoms with Crippen LogP contribution in [0.5, 0.6) is 0 Å². The molecule has 0 aliphatic carbocycles. The van der Waals surface area contributed by atoms with E-state index in [1.165, 1.54) is 0 Å². The number of aromatic nitrogens is 2. The Labute approximate surface area is 156 Å². The maximum atomic E-state index is 9.06. The van der Waals surface area contributed by atoms with E-state index in [1.54, 1.807) is 12.4 Å². The quantitative estimate of drug-likeness (QED) is 0.740. The lowest BCUT2D eigenvalue weighted by Gasteiger charge is -2.32. The van der Waals surface area contributed by atoms with Crippen LogP contribution in [0.2, 0.25) is 0 Å². The molecule has 0 saturated carbocycles. The van der Waals surface area contributed by atoms with Crippen LogP contribution < -0.4 is 10.4 Å². The number of hydrogen-bond donors (Lipinski definition) is 1. The van der Waals surface area contributed by atoms with E-state index >= 15 is 0 Å². The number of nitrogens with zero attached hydrogens (tertiary/aromatic N) is 4. The molecule has 2 aliphatic rings. The van der Waals surface area contributed by atoms with Crippen molar-refractivity contribution in [2.45, 2.75) is 45.3 Å². The molecule has 3 heterocycles. The third-order valence-corrected chi connectivity index (χ3v) is 5.84. The number of aliphatic hydroxyl groups excluding tert-OH is 1. The molecule has 7 nitrogen and oxygen atoms in total. The van der Waals surface area contributed by atoms with Crippen molar-refractivity contribution in [2.75, 3.05) is 44.7 Å². The van der Waals surface area contributed by atoms with Crippen molar-refractivity contribution in [3.63, 3.8) is 0 Å². The Morgan fingerprint density at radius 2 is 1.85 bits per heavy atom. The Morgan fingerprint density at radius 1 is 1.23 bits per heavy atom. The van der Waals surface area contributed by atoms with Crippen molar-refractivity contribution in [2.24, 2.45) is 5.92 Å². The van der Waals surface area contributed by atoms with Crippen molar-refractivity contribution >= 4 is 18.5 Å². The zero-order valence-corrected chi connectivity index (χ0v) is 16.6. The number of likely N-dealkylation sites (tertiary alicyclic amines) is 1. The zero-order valence-electron chi connectivity index (χ0n) is 16.6. The standard InChI is InChI=1S/C18H31BN4O3/c1-17(2)18(3,4)26-19(25-17)15-10-20-16(21-11-15)22(5)12-14-6-7-23(13-14)8-9-24/h10-11,14,24H,6-9,12-13H2,1-5H3/t14-/m1/s1. The van der Waals surface area contributed by atoms with Crippen molar-refractivity contribution in [3.8, 4) is 0 Å². The molecule has 2 fully saturated rings. The van der Waals surface area contributed by atoms with Gasteiger partial charge >= 0.3 is 7.12 Å². The second-order valence-electron chi connectivity index (χ2n) is 8.46. The van der Waals surface area contributed by atoms with E-state index in [0.717, 1.165) is 38.1 Å². The minimum Gasteiger partial charge on any atom is -0.399 e. The first-order valence-corrected chi connectivity index (χ1v) is 9.44. The van der Waals surface area contributed by atoms with Crippen molar-refractivity contribution in [1.29, 1.82) is 0 Å². The van der Waals surface area contributed by atoms with E-state index in [9.17, 15) is 0 Å². The highest BCUT2D eigenvalue weighted by Gasteiger charge is 2.52. The molecule has 0 amide bonds. The molecule has 8 heteroatoms. The molecule has 0 unspecified atom stereocenters. The number of aliphatic hydroxyl groups is 1. The molecule has 26 heavy (non-hydrogen) atoms. The Kier molecular flexibility index (Phi) is 5.58. The largest absolute Gasteiger partial charge is 0.498 e. The van der Waals surface area contributed by atoms with Gasteiger partial charge in [-0.1, -0.05) is 0 Å². The highest BCUT2D eigenvalue weighted by atomic mass is 16.7. The van der Waals surface area contributed by atoms with Crippen LogP contribution in [0.15, 0.2) is 12.4 Å². The third kappa shape index (κ3) is 4.03. The van der Waals surface area contributed by atoms with Gasteiger partial charge in [0.15, 0.2) is 0 Å². The van der Waals surface area contributed by atoms with Crippen LogP contribution >= 0.6 is 0 Å². The second kappa shape index (κ2) is 7.42. The molecule has 144 valence electrons. The number of anilines is 1. The monoisotopic (exact) mass is 362 g/mol. The van der Waals surface area contributed by atoms with Crippen LogP contribution in [0.3, 0.4) is 0 Å². The van der Waals surface area contributed by atoms with E-state index in [4.69, 9.17) is 14.4 Å². The predicted molar refractivity (Wildman–Crippen MR) is 103 cm³/mol. The SMILES string of the molecule is CN(C[C@H]1CCN(CCO)C1)c1ncc(B2OC(C)(C)C(C)(C)O2)cn1. The van der Waals surface area contributed by atoms with Gasteiger partial charge in [-0.15, -0.1) is 0 Å². The van der Waals surface area contributed by atoms with Crippen LogP contribution in [0, 0.1) is 5.92 Å². The van der Waals surface area contributed by atoms with E-state index in [2.05, 4.69) is 19.8 Å². The number of hydrogen-bond acceptors (Lipinski definition) is 7. The third-order valence-electron chi connectivity index (χ3n) is 5.84. The lowest BCUT2D eigenvalue weighted by atomic mass is 9.81. The fourth-order valence-corrected chi connectivity index (χ4v) is 3.50. The van der Waals surface area contributed by atoms with Crippen LogP contribution in [0.1, 0.15) is 34.1 Å². The van der Waals surface area contributed by atoms with Crippen molar-refractivity contribution in [3.05, 3.63) is 12.4 Å². The minimum absolute atomic E-state index is 0.228. The summed E-state index contributed by atoms with van der Waals surface area (Å²) in [5, 5.41) is 9.06. The average Bonchev–Trinajstić information content (AvgIpc) is 3.09. The summed E-state index contributed by atoms with van der Waals surface area (Å²) in [6.45, 7) is 12.1. The summed E-state index contributed by atoms with van der Waals surface area (Å²) in [5.41, 5.74) is 0.113. The molecule has 1 atom stereocenters. The molecule has 2 aliphatic heterocycles. The van der Waals surface area contributed by atoms with Gasteiger partial charge in [0, 0.05) is 44.5 Å². The van der Waals surface area contributed by atoms with E-state index in [0.29, 0.717) is 11.9 Å². The molecule has 1 aromatic heterocycles. The van der Waals surface area contributed by atoms with Crippen LogP contribution in [-0.2, 0) is 9.31 Å². The minimum atomic E-state index is -0.429. The molecule has 0 radical (unpaired) electrons. The summed E-state index contributed by atoms with van der Waals surface area (Å²) in [4.78, 5) is 13.4. The summed E-state index contributed by atoms with van der Waals surface area (Å²) in [5.74, 6) is 1.30. The van der Waals surface area contributed by atoms with Gasteiger partial charge in [0.25, 0.3) is 0 Å². The summed E-state index contributed by atoms with van der Waals surface area (Å²) in [7, 11) is 1.60. The molecular weight excluding hydrogens is 331 g/mol. The second-order valence-corrected chi connectivity index (χ2v) is 8.46. The molecular formula is C18H31BN4O3. The fraction of sp³-hybridized carbons (Fsp3) is 0.778. The average molecular weight is 362 g/mol. The van der Waals surface area contributed by atoms with Gasteiger partial charge in [-0.25, -0.2) is 9.97 Å². The van der Waals surface area contributed by atoms with Crippen LogP contribution in [0.25, 0.3) is 0 Å². The Hall–Kier alpha value is -1.22. The summed E-state index contributed by atoms with van der Waals surface area (Å²) >= 11 is 0. The Morgan fingerprint density at radius 3 is 2.42 bits per heavy atom. The first-order valence-electron chi connectivity index (χ1n) is 9.44. The maximum absolute atomic E-state index is 9.06. The van der Waals surface area contributed by atoms with E-state index in [-0.39, 0.29) is 17.8 Å². The van der Waals surface area contributed by atoms with Crippen molar-refractivity contribution < 1.29 is 14.4 Å². The summed E-state index contributed by atoms with van der Waals surface area (Å²) < 4.78 is 12.1. The smallest absolute Gasteiger partial charge is 0.399 e. The first-order chi connectivity index (χ1) is 12.2. The lowest BCUT2D eigenvalue weighted by Crippen LogP contribution is -2.41. The first kappa shape index (κ1) is 19.5. The van der Waals surface area contributed by atoms with Gasteiger partial charge in [-0.3, -0.25) is 0 Å². The van der Waals surface area contributed by atoms with E-state index in [1.807, 2.05) is 34.7 Å². The van der Waals surface area contributed by atoms with Crippen molar-refractivity contribution in [1.82, 2.24) is 14.9 Å². The van der Waals surface area contributed by atoms with Gasteiger partial charge in [0.2, 0.25) is 5.95 Å². The number of rotatable bonds is 6. The van der Waals surface area contributed by atoms with Gasteiger partial charge in [0.1, 0.15) is 0 Å². The summed E-state index contributed by atoms with van der Waals surface area (Å²) in [6.07, 6.45) is 4.75. The molecule has 1 aromatic rings. The van der Waals surface area contributed by atoms with Crippen LogP contribution in [0.4, 0.5) is 5.95 Å². The highest BCUT2D eigenvalue weighted by Crippen LogP contribution is 2.36. The number of β-amino-alcohol motifs (C(OH)–C–C–N with tert-alkyl or cyclic N) is 1. The normalized spacial score (nSPS) is 25.0. The maximum Gasteiger partial charge on any atom is 0.498 e. The Balaban J connectivity index is 1.58. The van der Waals surface area contributed by atoms with Gasteiger partial charge in [0.05, 0.1) is 17.8 Å². The fourth-order valence-electron chi connectivity index (χ4n) is 3.50. The predicted octanol–water partition coefficient (Wildman–Crippen LogP) is 0.526. The van der Waals surface area contributed by atoms with Gasteiger partial charge < -0.3 is 24.2 Å². The molecule has 2 saturated heterocycles. The van der Waals surface area contributed by atoms with Gasteiger partial charge in [-0.05, 0) is 46.6 Å². The molecule has 0 aromatic carbocycles. The molecule has 0 spiro atoms. The highest BCUT2D eigenvalue weighted by molar-refractivity contribution is 6.61. The zero-order chi connectivity index (χ0) is 18.9. The summed E-state index contributed by atoms with van der Waals surface area (Å²) in [6, 6.07) is 0. The van der Waals surface area contributed by atoms with Crippen LogP contribution in [-0.4, -0.2) is 78.1 Å². The Bertz CT molecular complexity index is 595. The topological polar surface area (TPSA) is 71.0 Å². The van der Waals surface area contributed by atoms with E-state index < -0.39 is 7.12 Å². The molecule has 3 rings (SSSR count).